The van der Waals surface area contributed by atoms with E-state index in [0.717, 1.165) is 12.4 Å². The van der Waals surface area contributed by atoms with E-state index >= 15 is 0 Å². The van der Waals surface area contributed by atoms with Crippen molar-refractivity contribution in [3.8, 4) is 11.4 Å². The molecule has 0 atom stereocenters. The molecule has 0 N–H and O–H groups in total. The summed E-state index contributed by atoms with van der Waals surface area (Å²) < 4.78 is 45.4. The van der Waals surface area contributed by atoms with E-state index in [9.17, 15) is 17.4 Å². The van der Waals surface area contributed by atoms with E-state index in [1.807, 2.05) is 0 Å². The summed E-state index contributed by atoms with van der Waals surface area (Å²) in [5.74, 6) is -0.766. The molecule has 100 valence electrons. The summed E-state index contributed by atoms with van der Waals surface area (Å²) in [5.41, 5.74) is 0.557. The molecule has 0 spiro atoms. The van der Waals surface area contributed by atoms with Gasteiger partial charge in [-0.1, -0.05) is 4.68 Å². The molecule has 0 aliphatic carbocycles. The lowest BCUT2D eigenvalue weighted by atomic mass is 10.3. The first-order valence-electron chi connectivity index (χ1n) is 5.21. The van der Waals surface area contributed by atoms with E-state index in [0.29, 0.717) is 11.4 Å². The minimum absolute atomic E-state index is 0.0314. The minimum Gasteiger partial charge on any atom is -0.748 e. The van der Waals surface area contributed by atoms with Gasteiger partial charge in [0.2, 0.25) is 0 Å². The molecule has 7 nitrogen and oxygen atoms in total. The van der Waals surface area contributed by atoms with E-state index in [2.05, 4.69) is 15.1 Å². The highest BCUT2D eigenvalue weighted by molar-refractivity contribution is 7.85. The zero-order valence-corrected chi connectivity index (χ0v) is 10.4. The van der Waals surface area contributed by atoms with Crippen molar-refractivity contribution >= 4 is 10.1 Å². The van der Waals surface area contributed by atoms with Crippen LogP contribution in [-0.2, 0) is 16.7 Å². The molecular weight excluding hydrogens is 275 g/mol. The lowest BCUT2D eigenvalue weighted by Crippen LogP contribution is -2.40. The van der Waals surface area contributed by atoms with Crippen LogP contribution in [0, 0.1) is 5.82 Å². The maximum atomic E-state index is 12.6. The van der Waals surface area contributed by atoms with E-state index in [1.54, 1.807) is 6.07 Å². The van der Waals surface area contributed by atoms with Crippen LogP contribution in [0.25, 0.3) is 11.4 Å². The van der Waals surface area contributed by atoms with Gasteiger partial charge in [0.15, 0.2) is 24.4 Å². The lowest BCUT2D eigenvalue weighted by Gasteiger charge is -2.02. The average Bonchev–Trinajstić information content (AvgIpc) is 2.37. The van der Waals surface area contributed by atoms with E-state index < -0.39 is 21.7 Å². The number of hydrogen-bond acceptors (Lipinski definition) is 6. The van der Waals surface area contributed by atoms with E-state index in [1.165, 1.54) is 17.1 Å². The Morgan fingerprint density at radius 1 is 1.26 bits per heavy atom. The van der Waals surface area contributed by atoms with E-state index in [-0.39, 0.29) is 6.54 Å². The third-order valence-corrected chi connectivity index (χ3v) is 2.90. The van der Waals surface area contributed by atoms with Crippen LogP contribution in [0.2, 0.25) is 0 Å². The van der Waals surface area contributed by atoms with Crippen molar-refractivity contribution in [2.45, 2.75) is 6.54 Å². The quantitative estimate of drug-likeness (QED) is 0.555. The molecule has 0 bridgehead atoms. The first-order valence-corrected chi connectivity index (χ1v) is 6.79. The van der Waals surface area contributed by atoms with Crippen LogP contribution in [0.5, 0.6) is 0 Å². The topological polar surface area (TPSA) is 99.8 Å². The first kappa shape index (κ1) is 13.4. The summed E-state index contributed by atoms with van der Waals surface area (Å²) in [4.78, 5) is 7.56. The molecule has 0 aromatic carbocycles. The number of halogens is 1. The zero-order chi connectivity index (χ0) is 13.9. The van der Waals surface area contributed by atoms with Crippen LogP contribution in [0.3, 0.4) is 0 Å². The summed E-state index contributed by atoms with van der Waals surface area (Å²) in [5, 5.41) is 3.92. The second-order valence-corrected chi connectivity index (χ2v) is 5.19. The fourth-order valence-corrected chi connectivity index (χ4v) is 1.73. The lowest BCUT2D eigenvalue weighted by molar-refractivity contribution is -0.750. The highest BCUT2D eigenvalue weighted by Crippen LogP contribution is 2.10. The largest absolute Gasteiger partial charge is 0.748 e. The highest BCUT2D eigenvalue weighted by atomic mass is 32.2. The van der Waals surface area contributed by atoms with Gasteiger partial charge in [-0.15, -0.1) is 0 Å². The third kappa shape index (κ3) is 4.00. The summed E-state index contributed by atoms with van der Waals surface area (Å²) in [6.45, 7) is -0.0314. The second-order valence-electron chi connectivity index (χ2n) is 3.67. The normalized spacial score (nSPS) is 11.5. The molecule has 0 aliphatic heterocycles. The fourth-order valence-electron chi connectivity index (χ4n) is 1.32. The second kappa shape index (κ2) is 5.33. The molecule has 0 aliphatic rings. The summed E-state index contributed by atoms with van der Waals surface area (Å²) >= 11 is 0. The van der Waals surface area contributed by atoms with Gasteiger partial charge in [0.1, 0.15) is 16.3 Å². The first-order chi connectivity index (χ1) is 8.94. The summed E-state index contributed by atoms with van der Waals surface area (Å²) in [6.07, 6.45) is 4.97. The van der Waals surface area contributed by atoms with Crippen molar-refractivity contribution in [3.63, 3.8) is 0 Å². The molecule has 2 aromatic rings. The third-order valence-electron chi connectivity index (χ3n) is 2.22. The Bertz CT molecular complexity index is 658. The average molecular weight is 284 g/mol. The number of nitrogens with zero attached hydrogens (tertiary/aromatic N) is 4. The van der Waals surface area contributed by atoms with Crippen molar-refractivity contribution in [3.05, 3.63) is 36.7 Å². The molecule has 0 radical (unpaired) electrons. The van der Waals surface area contributed by atoms with Gasteiger partial charge in [0, 0.05) is 11.6 Å². The number of aromatic nitrogens is 4. The number of aryl methyl sites for hydroxylation is 1. The monoisotopic (exact) mass is 284 g/mol. The molecule has 0 amide bonds. The molecule has 0 saturated heterocycles. The Balaban J connectivity index is 2.12. The summed E-state index contributed by atoms with van der Waals surface area (Å²) in [6, 6.07) is 1.59. The zero-order valence-electron chi connectivity index (χ0n) is 9.60. The van der Waals surface area contributed by atoms with Gasteiger partial charge in [-0.2, -0.15) is 0 Å². The Morgan fingerprint density at radius 2 is 1.95 bits per heavy atom. The molecule has 2 rings (SSSR count). The Kier molecular flexibility index (Phi) is 3.76. The fraction of sp³-hybridized carbons (Fsp3) is 0.200. The molecule has 19 heavy (non-hydrogen) atoms. The van der Waals surface area contributed by atoms with Crippen LogP contribution >= 0.6 is 0 Å². The van der Waals surface area contributed by atoms with Gasteiger partial charge in [0.25, 0.3) is 0 Å². The van der Waals surface area contributed by atoms with Crippen LogP contribution in [-0.4, -0.2) is 33.8 Å². The van der Waals surface area contributed by atoms with Crippen molar-refractivity contribution in [1.82, 2.24) is 15.1 Å². The van der Waals surface area contributed by atoms with Gasteiger partial charge in [-0.05, 0) is 5.10 Å². The number of rotatable bonds is 4. The molecule has 0 saturated carbocycles. The Hall–Kier alpha value is -2.00. The van der Waals surface area contributed by atoms with Crippen LogP contribution in [0.15, 0.2) is 30.9 Å². The van der Waals surface area contributed by atoms with Crippen molar-refractivity contribution in [2.24, 2.45) is 0 Å². The molecular formula is C10H9FN4O3S. The highest BCUT2D eigenvalue weighted by Gasteiger charge is 2.08. The van der Waals surface area contributed by atoms with Gasteiger partial charge in [-0.3, -0.25) is 0 Å². The Morgan fingerprint density at radius 3 is 2.47 bits per heavy atom. The molecule has 2 aromatic heterocycles. The van der Waals surface area contributed by atoms with Crippen LogP contribution in [0.1, 0.15) is 0 Å². The predicted octanol–water partition coefficient (Wildman–Crippen LogP) is -0.490. The maximum Gasteiger partial charge on any atom is 0.197 e. The molecule has 9 heteroatoms. The Labute approximate surface area is 108 Å². The standard InChI is InChI=1S/C10H9FN4O3S/c11-9-6-12-10(13-7-9)8-1-2-15(14-5-8)3-4-19(16,17)18/h1-2,5-7H,3-4H2. The molecule has 0 fully saturated rings. The summed E-state index contributed by atoms with van der Waals surface area (Å²) in [7, 11) is -4.27. The van der Waals surface area contributed by atoms with Gasteiger partial charge in [0.05, 0.1) is 18.1 Å². The molecule has 2 heterocycles. The van der Waals surface area contributed by atoms with Crippen molar-refractivity contribution in [1.29, 1.82) is 0 Å². The van der Waals surface area contributed by atoms with Gasteiger partial charge >= 0.3 is 0 Å². The van der Waals surface area contributed by atoms with Crippen molar-refractivity contribution < 1.29 is 22.0 Å². The number of hydrogen-bond donors (Lipinski definition) is 0. The van der Waals surface area contributed by atoms with E-state index in [4.69, 9.17) is 0 Å². The van der Waals surface area contributed by atoms with Gasteiger partial charge < -0.3 is 4.55 Å². The molecule has 0 unspecified atom stereocenters. The van der Waals surface area contributed by atoms with Gasteiger partial charge in [-0.25, -0.2) is 22.8 Å². The minimum atomic E-state index is -4.27. The maximum absolute atomic E-state index is 12.6. The van der Waals surface area contributed by atoms with Crippen LogP contribution in [0.4, 0.5) is 4.39 Å². The SMILES string of the molecule is O=S(=O)([O-])CC[n+]1ccc(-c2ncc(F)cn2)cn1. The smallest absolute Gasteiger partial charge is 0.197 e. The predicted molar refractivity (Wildman–Crippen MR) is 60.0 cm³/mol. The van der Waals surface area contributed by atoms with Crippen molar-refractivity contribution in [2.75, 3.05) is 5.75 Å². The van der Waals surface area contributed by atoms with Crippen LogP contribution < -0.4 is 4.68 Å².